The molecule has 1 atom stereocenters. The molecule has 1 aliphatic heterocycles. The average molecular weight is 429 g/mol. The second-order valence-corrected chi connectivity index (χ2v) is 8.55. The molecule has 164 valence electrons. The maximum absolute atomic E-state index is 13.7. The van der Waals surface area contributed by atoms with Gasteiger partial charge in [0.2, 0.25) is 0 Å². The number of nitrogens with zero attached hydrogens (tertiary/aromatic N) is 1. The van der Waals surface area contributed by atoms with Crippen molar-refractivity contribution >= 4 is 11.8 Å². The van der Waals surface area contributed by atoms with Gasteiger partial charge in [-0.2, -0.15) is 0 Å². The molecule has 2 amide bonds. The number of carbonyl (C=O) groups excluding carboxylic acids is 2. The molecule has 0 saturated carbocycles. The minimum Gasteiger partial charge on any atom is -0.491 e. The second kappa shape index (κ2) is 8.15. The van der Waals surface area contributed by atoms with Gasteiger partial charge >= 0.3 is 0 Å². The summed E-state index contributed by atoms with van der Waals surface area (Å²) in [5.74, 6) is -0.108. The first kappa shape index (κ1) is 21.6. The zero-order chi connectivity index (χ0) is 23.0. The first-order chi connectivity index (χ1) is 15.3. The van der Waals surface area contributed by atoms with E-state index < -0.39 is 11.4 Å². The summed E-state index contributed by atoms with van der Waals surface area (Å²) in [7, 11) is 0. The lowest BCUT2D eigenvalue weighted by Crippen LogP contribution is -2.54. The van der Waals surface area contributed by atoms with E-state index in [-0.39, 0.29) is 18.6 Å². The topological polar surface area (TPSA) is 72.6 Å². The molecule has 0 spiro atoms. The number of carbonyl (C=O) groups is 2. The normalized spacial score (nSPS) is 17.5. The second-order valence-electron chi connectivity index (χ2n) is 8.55. The molecule has 3 aromatic carbocycles. The Kier molecular flexibility index (Phi) is 5.51. The molecule has 4 rings (SSSR count). The molecule has 5 heteroatoms. The number of fused-ring (bicyclic) bond motifs is 1. The Morgan fingerprint density at radius 1 is 0.969 bits per heavy atom. The van der Waals surface area contributed by atoms with Crippen LogP contribution >= 0.6 is 0 Å². The molecule has 1 heterocycles. The molecule has 0 radical (unpaired) electrons. The van der Waals surface area contributed by atoms with Crippen LogP contribution < -0.4 is 10.5 Å². The molecule has 0 saturated heterocycles. The number of nitrogens with two attached hydrogens (primary N) is 1. The van der Waals surface area contributed by atoms with Crippen molar-refractivity contribution in [3.63, 3.8) is 0 Å². The molecule has 2 N–H and O–H groups in total. The monoisotopic (exact) mass is 428 g/mol. The van der Waals surface area contributed by atoms with E-state index in [4.69, 9.17) is 10.5 Å². The maximum atomic E-state index is 13.7. The van der Waals surface area contributed by atoms with Gasteiger partial charge in [-0.15, -0.1) is 0 Å². The summed E-state index contributed by atoms with van der Waals surface area (Å²) in [5, 5.41) is 0. The summed E-state index contributed by atoms with van der Waals surface area (Å²) in [4.78, 5) is 28.7. The van der Waals surface area contributed by atoms with Crippen molar-refractivity contribution in [2.24, 2.45) is 5.73 Å². The number of para-hydroxylation sites is 1. The fourth-order valence-electron chi connectivity index (χ4n) is 4.84. The van der Waals surface area contributed by atoms with E-state index in [9.17, 15) is 9.59 Å². The van der Waals surface area contributed by atoms with E-state index in [0.29, 0.717) is 16.9 Å². The number of primary amides is 1. The van der Waals surface area contributed by atoms with Gasteiger partial charge in [0.05, 0.1) is 12.6 Å². The van der Waals surface area contributed by atoms with Crippen molar-refractivity contribution in [3.05, 3.63) is 100 Å². The Bertz CT molecular complexity index is 1180. The fraction of sp³-hybridized carbons (Fsp3) is 0.259. The number of ether oxygens (including phenoxy) is 1. The molecule has 0 bridgehead atoms. The van der Waals surface area contributed by atoms with Crippen LogP contribution in [-0.2, 0) is 16.9 Å². The van der Waals surface area contributed by atoms with Crippen LogP contribution in [0, 0.1) is 13.8 Å². The molecule has 0 aliphatic carbocycles. The third kappa shape index (κ3) is 3.25. The highest BCUT2D eigenvalue weighted by Crippen LogP contribution is 2.47. The van der Waals surface area contributed by atoms with E-state index >= 15 is 0 Å². The zero-order valence-electron chi connectivity index (χ0n) is 18.9. The highest BCUT2D eigenvalue weighted by molar-refractivity contribution is 6.08. The van der Waals surface area contributed by atoms with Crippen molar-refractivity contribution < 1.29 is 14.3 Å². The van der Waals surface area contributed by atoms with E-state index in [2.05, 4.69) is 0 Å². The molecule has 1 unspecified atom stereocenters. The van der Waals surface area contributed by atoms with E-state index in [1.54, 1.807) is 11.0 Å². The molecule has 3 aromatic rings. The first-order valence-corrected chi connectivity index (χ1v) is 10.8. The lowest BCUT2D eigenvalue weighted by atomic mass is 9.77. The van der Waals surface area contributed by atoms with E-state index in [1.165, 1.54) is 0 Å². The summed E-state index contributed by atoms with van der Waals surface area (Å²) in [6.07, 6.45) is -0.0258. The number of rotatable bonds is 6. The van der Waals surface area contributed by atoms with E-state index in [1.807, 2.05) is 88.4 Å². The van der Waals surface area contributed by atoms with Gasteiger partial charge in [-0.05, 0) is 56.5 Å². The van der Waals surface area contributed by atoms with Gasteiger partial charge in [0.1, 0.15) is 5.75 Å². The summed E-state index contributed by atoms with van der Waals surface area (Å²) >= 11 is 0. The zero-order valence-corrected chi connectivity index (χ0v) is 18.9. The lowest BCUT2D eigenvalue weighted by molar-refractivity contribution is -0.126. The van der Waals surface area contributed by atoms with Gasteiger partial charge in [-0.3, -0.25) is 9.59 Å². The minimum absolute atomic E-state index is 0.0258. The molecule has 1 aliphatic rings. The van der Waals surface area contributed by atoms with Crippen LogP contribution in [0.5, 0.6) is 5.75 Å². The first-order valence-electron chi connectivity index (χ1n) is 10.8. The average Bonchev–Trinajstić information content (AvgIpc) is 2.99. The SMILES string of the molecule is Cc1cccc(C)c1C1(C(N)=O)c2ccccc2C(=O)N1Cc1ccccc1OC(C)C. The van der Waals surface area contributed by atoms with Gasteiger partial charge in [0.15, 0.2) is 5.54 Å². The Hall–Kier alpha value is -3.60. The Balaban J connectivity index is 1.98. The minimum atomic E-state index is -1.41. The summed E-state index contributed by atoms with van der Waals surface area (Å²) in [6.45, 7) is 8.00. The highest BCUT2D eigenvalue weighted by Gasteiger charge is 2.56. The third-order valence-corrected chi connectivity index (χ3v) is 6.06. The van der Waals surface area contributed by atoms with Crippen LogP contribution in [0.2, 0.25) is 0 Å². The predicted molar refractivity (Wildman–Crippen MR) is 124 cm³/mol. The number of hydrogen-bond donors (Lipinski definition) is 1. The van der Waals surface area contributed by atoms with Crippen molar-refractivity contribution in [3.8, 4) is 5.75 Å². The van der Waals surface area contributed by atoms with Crippen LogP contribution in [0.1, 0.15) is 52.0 Å². The van der Waals surface area contributed by atoms with E-state index in [0.717, 1.165) is 22.3 Å². The Morgan fingerprint density at radius 3 is 2.25 bits per heavy atom. The molecule has 32 heavy (non-hydrogen) atoms. The van der Waals surface area contributed by atoms with Crippen molar-refractivity contribution in [2.75, 3.05) is 0 Å². The third-order valence-electron chi connectivity index (χ3n) is 6.06. The summed E-state index contributed by atoms with van der Waals surface area (Å²) < 4.78 is 6.00. The number of amides is 2. The largest absolute Gasteiger partial charge is 0.491 e. The molecule has 0 aromatic heterocycles. The van der Waals surface area contributed by atoms with Gasteiger partial charge in [-0.25, -0.2) is 0 Å². The van der Waals surface area contributed by atoms with Crippen molar-refractivity contribution in [1.82, 2.24) is 4.90 Å². The number of aryl methyl sites for hydroxylation is 2. The van der Waals surface area contributed by atoms with Crippen LogP contribution in [0.3, 0.4) is 0 Å². The Morgan fingerprint density at radius 2 is 1.59 bits per heavy atom. The lowest BCUT2D eigenvalue weighted by Gasteiger charge is -2.39. The van der Waals surface area contributed by atoms with Gasteiger partial charge < -0.3 is 15.4 Å². The maximum Gasteiger partial charge on any atom is 0.255 e. The Labute approximate surface area is 188 Å². The summed E-state index contributed by atoms with van der Waals surface area (Å²) in [5.41, 5.74) is 9.28. The van der Waals surface area contributed by atoms with Crippen LogP contribution in [0.25, 0.3) is 0 Å². The van der Waals surface area contributed by atoms with Crippen LogP contribution in [-0.4, -0.2) is 22.8 Å². The molecular weight excluding hydrogens is 400 g/mol. The predicted octanol–water partition coefficient (Wildman–Crippen LogP) is 4.48. The molecular formula is C27H28N2O3. The van der Waals surface area contributed by atoms with Gasteiger partial charge in [0, 0.05) is 16.7 Å². The standard InChI is InChI=1S/C27H28N2O3/c1-17(2)32-23-15-8-5-12-20(23)16-29-25(30)21-13-6-7-14-22(21)27(29,26(28)31)24-18(3)10-9-11-19(24)4/h5-15,17H,16H2,1-4H3,(H2,28,31). The van der Waals surface area contributed by atoms with Crippen LogP contribution in [0.4, 0.5) is 0 Å². The highest BCUT2D eigenvalue weighted by atomic mass is 16.5. The van der Waals surface area contributed by atoms with Crippen LogP contribution in [0.15, 0.2) is 66.7 Å². The van der Waals surface area contributed by atoms with Crippen molar-refractivity contribution in [1.29, 1.82) is 0 Å². The van der Waals surface area contributed by atoms with Gasteiger partial charge in [0.25, 0.3) is 11.8 Å². The number of hydrogen-bond acceptors (Lipinski definition) is 3. The smallest absolute Gasteiger partial charge is 0.255 e. The fourth-order valence-corrected chi connectivity index (χ4v) is 4.84. The van der Waals surface area contributed by atoms with Gasteiger partial charge in [-0.1, -0.05) is 54.6 Å². The molecule has 0 fully saturated rings. The number of benzene rings is 3. The van der Waals surface area contributed by atoms with Crippen molar-refractivity contribution in [2.45, 2.75) is 45.9 Å². The quantitative estimate of drug-likeness (QED) is 0.629. The summed E-state index contributed by atoms with van der Waals surface area (Å²) in [6, 6.07) is 20.7. The molecule has 5 nitrogen and oxygen atoms in total.